The molecule has 2 fully saturated rings. The smallest absolute Gasteiger partial charge is 0.255 e. The summed E-state index contributed by atoms with van der Waals surface area (Å²) in [6, 6.07) is 4.95. The van der Waals surface area contributed by atoms with Crippen LogP contribution in [-0.2, 0) is 0 Å². The standard InChI is InChI=1S/C16H20ClNO2/c17-14-8-7-12(19)10-13(14)16(20)18-9-3-5-11-4-1-2-6-15(11)18/h7-8,10-11,15,19H,1-6,9H2/t11-,15-/m1/s1. The van der Waals surface area contributed by atoms with Crippen LogP contribution in [0.15, 0.2) is 18.2 Å². The summed E-state index contributed by atoms with van der Waals surface area (Å²) in [6.45, 7) is 0.811. The number of carbonyl (C=O) groups is 1. The number of hydrogen-bond acceptors (Lipinski definition) is 2. The Morgan fingerprint density at radius 1 is 1.20 bits per heavy atom. The number of benzene rings is 1. The van der Waals surface area contributed by atoms with E-state index in [1.165, 1.54) is 37.8 Å². The van der Waals surface area contributed by atoms with E-state index in [0.29, 0.717) is 22.5 Å². The highest BCUT2D eigenvalue weighted by atomic mass is 35.5. The molecule has 1 heterocycles. The highest BCUT2D eigenvalue weighted by Gasteiger charge is 2.36. The van der Waals surface area contributed by atoms with E-state index in [1.54, 1.807) is 6.07 Å². The van der Waals surface area contributed by atoms with Crippen LogP contribution >= 0.6 is 11.6 Å². The zero-order valence-corrected chi connectivity index (χ0v) is 12.3. The van der Waals surface area contributed by atoms with Gasteiger partial charge in [0.05, 0.1) is 10.6 Å². The third-order valence-electron chi connectivity index (χ3n) is 4.68. The van der Waals surface area contributed by atoms with Crippen molar-refractivity contribution in [2.45, 2.75) is 44.6 Å². The summed E-state index contributed by atoms with van der Waals surface area (Å²) in [6.07, 6.45) is 7.15. The van der Waals surface area contributed by atoms with Crippen LogP contribution in [0.2, 0.25) is 5.02 Å². The van der Waals surface area contributed by atoms with Crippen LogP contribution in [0.4, 0.5) is 0 Å². The van der Waals surface area contributed by atoms with Crippen molar-refractivity contribution in [3.8, 4) is 5.75 Å². The van der Waals surface area contributed by atoms with Gasteiger partial charge in [0.1, 0.15) is 5.75 Å². The van der Waals surface area contributed by atoms with Crippen molar-refractivity contribution in [3.63, 3.8) is 0 Å². The van der Waals surface area contributed by atoms with Gasteiger partial charge in [0.25, 0.3) is 5.91 Å². The summed E-state index contributed by atoms with van der Waals surface area (Å²) in [5.74, 6) is 0.718. The molecule has 4 heteroatoms. The fourth-order valence-corrected chi connectivity index (χ4v) is 3.91. The van der Waals surface area contributed by atoms with E-state index in [1.807, 2.05) is 4.90 Å². The maximum absolute atomic E-state index is 12.8. The van der Waals surface area contributed by atoms with Crippen molar-refractivity contribution in [1.82, 2.24) is 4.90 Å². The van der Waals surface area contributed by atoms with Crippen LogP contribution < -0.4 is 0 Å². The Kier molecular flexibility index (Phi) is 3.88. The van der Waals surface area contributed by atoms with Gasteiger partial charge in [-0.1, -0.05) is 24.4 Å². The Morgan fingerprint density at radius 2 is 1.95 bits per heavy atom. The minimum atomic E-state index is -0.0255. The van der Waals surface area contributed by atoms with Crippen molar-refractivity contribution in [1.29, 1.82) is 0 Å². The number of piperidine rings is 1. The molecule has 1 aliphatic carbocycles. The van der Waals surface area contributed by atoms with Crippen molar-refractivity contribution < 1.29 is 9.90 Å². The number of carbonyl (C=O) groups excluding carboxylic acids is 1. The summed E-state index contributed by atoms with van der Waals surface area (Å²) < 4.78 is 0. The van der Waals surface area contributed by atoms with E-state index in [9.17, 15) is 9.90 Å². The predicted octanol–water partition coefficient (Wildman–Crippen LogP) is 3.84. The number of nitrogens with zero attached hydrogens (tertiary/aromatic N) is 1. The molecular formula is C16H20ClNO2. The number of phenols is 1. The Hall–Kier alpha value is -1.22. The lowest BCUT2D eigenvalue weighted by molar-refractivity contribution is 0.0390. The molecular weight excluding hydrogens is 274 g/mol. The number of rotatable bonds is 1. The minimum Gasteiger partial charge on any atom is -0.508 e. The number of likely N-dealkylation sites (tertiary alicyclic amines) is 1. The molecule has 2 atom stereocenters. The van der Waals surface area contributed by atoms with Gasteiger partial charge in [-0.3, -0.25) is 4.79 Å². The quantitative estimate of drug-likeness (QED) is 0.854. The lowest BCUT2D eigenvalue weighted by Gasteiger charge is -2.44. The first-order valence-corrected chi connectivity index (χ1v) is 7.84. The van der Waals surface area contributed by atoms with Crippen molar-refractivity contribution in [2.75, 3.05) is 6.54 Å². The molecule has 0 unspecified atom stereocenters. The number of hydrogen-bond donors (Lipinski definition) is 1. The van der Waals surface area contributed by atoms with Gasteiger partial charge in [-0.05, 0) is 49.8 Å². The molecule has 20 heavy (non-hydrogen) atoms. The summed E-state index contributed by atoms with van der Waals surface area (Å²) in [5.41, 5.74) is 0.429. The molecule has 1 saturated heterocycles. The molecule has 0 radical (unpaired) electrons. The van der Waals surface area contributed by atoms with Crippen LogP contribution in [-0.4, -0.2) is 28.5 Å². The molecule has 0 aromatic heterocycles. The lowest BCUT2D eigenvalue weighted by Crippen LogP contribution is -2.49. The average Bonchev–Trinajstić information content (AvgIpc) is 2.48. The Balaban J connectivity index is 1.87. The zero-order chi connectivity index (χ0) is 14.1. The Morgan fingerprint density at radius 3 is 2.80 bits per heavy atom. The molecule has 3 rings (SSSR count). The molecule has 1 saturated carbocycles. The van der Waals surface area contributed by atoms with Gasteiger partial charge >= 0.3 is 0 Å². The first-order chi connectivity index (χ1) is 9.66. The van der Waals surface area contributed by atoms with Gasteiger partial charge in [-0.2, -0.15) is 0 Å². The first kappa shape index (κ1) is 13.7. The third-order valence-corrected chi connectivity index (χ3v) is 5.01. The number of halogens is 1. The lowest BCUT2D eigenvalue weighted by atomic mass is 9.78. The number of phenolic OH excluding ortho intramolecular Hbond substituents is 1. The van der Waals surface area contributed by atoms with Crippen LogP contribution in [0.25, 0.3) is 0 Å². The van der Waals surface area contributed by atoms with Gasteiger partial charge < -0.3 is 10.0 Å². The fourth-order valence-electron chi connectivity index (χ4n) is 3.71. The SMILES string of the molecule is O=C(c1cc(O)ccc1Cl)N1CCC[C@H]2CCCC[C@H]21. The summed E-state index contributed by atoms with van der Waals surface area (Å²) >= 11 is 6.13. The van der Waals surface area contributed by atoms with Crippen LogP contribution in [0.5, 0.6) is 5.75 Å². The molecule has 0 bridgehead atoms. The molecule has 1 amide bonds. The van der Waals surface area contributed by atoms with E-state index in [2.05, 4.69) is 0 Å². The molecule has 1 aliphatic heterocycles. The predicted molar refractivity (Wildman–Crippen MR) is 79.1 cm³/mol. The largest absolute Gasteiger partial charge is 0.508 e. The normalized spacial score (nSPS) is 26.1. The molecule has 108 valence electrons. The highest BCUT2D eigenvalue weighted by molar-refractivity contribution is 6.33. The van der Waals surface area contributed by atoms with Gasteiger partial charge in [0, 0.05) is 12.6 Å². The van der Waals surface area contributed by atoms with E-state index in [-0.39, 0.29) is 11.7 Å². The van der Waals surface area contributed by atoms with E-state index in [4.69, 9.17) is 11.6 Å². The third kappa shape index (κ3) is 2.51. The summed E-state index contributed by atoms with van der Waals surface area (Å²) in [7, 11) is 0. The maximum atomic E-state index is 12.8. The van der Waals surface area contributed by atoms with E-state index in [0.717, 1.165) is 19.4 Å². The van der Waals surface area contributed by atoms with Gasteiger partial charge in [-0.15, -0.1) is 0 Å². The summed E-state index contributed by atoms with van der Waals surface area (Å²) in [5, 5.41) is 10.0. The molecule has 3 nitrogen and oxygen atoms in total. The monoisotopic (exact) mass is 293 g/mol. The van der Waals surface area contributed by atoms with Crippen molar-refractivity contribution in [2.24, 2.45) is 5.92 Å². The maximum Gasteiger partial charge on any atom is 0.255 e. The zero-order valence-electron chi connectivity index (χ0n) is 11.5. The van der Waals surface area contributed by atoms with Crippen molar-refractivity contribution >= 4 is 17.5 Å². The fraction of sp³-hybridized carbons (Fsp3) is 0.562. The molecule has 1 N–H and O–H groups in total. The van der Waals surface area contributed by atoms with Crippen molar-refractivity contribution in [3.05, 3.63) is 28.8 Å². The van der Waals surface area contributed by atoms with Gasteiger partial charge in [-0.25, -0.2) is 0 Å². The minimum absolute atomic E-state index is 0.0255. The van der Waals surface area contributed by atoms with Crippen LogP contribution in [0, 0.1) is 5.92 Å². The topological polar surface area (TPSA) is 40.5 Å². The van der Waals surface area contributed by atoms with E-state index >= 15 is 0 Å². The molecule has 1 aromatic rings. The Labute approximate surface area is 124 Å². The first-order valence-electron chi connectivity index (χ1n) is 7.46. The number of fused-ring (bicyclic) bond motifs is 1. The van der Waals surface area contributed by atoms with E-state index < -0.39 is 0 Å². The van der Waals surface area contributed by atoms with Crippen LogP contribution in [0.1, 0.15) is 48.9 Å². The second-order valence-electron chi connectivity index (χ2n) is 5.92. The van der Waals surface area contributed by atoms with Crippen LogP contribution in [0.3, 0.4) is 0 Å². The van der Waals surface area contributed by atoms with Gasteiger partial charge in [0.15, 0.2) is 0 Å². The Bertz CT molecular complexity index is 515. The molecule has 0 spiro atoms. The average molecular weight is 294 g/mol. The highest BCUT2D eigenvalue weighted by Crippen LogP contribution is 2.36. The molecule has 1 aromatic carbocycles. The number of amides is 1. The number of aromatic hydroxyl groups is 1. The molecule has 2 aliphatic rings. The summed E-state index contributed by atoms with van der Waals surface area (Å²) in [4.78, 5) is 14.8. The van der Waals surface area contributed by atoms with Gasteiger partial charge in [0.2, 0.25) is 0 Å². The second kappa shape index (κ2) is 5.65. The second-order valence-corrected chi connectivity index (χ2v) is 6.32.